The zero-order valence-corrected chi connectivity index (χ0v) is 19.1. The number of aromatic nitrogens is 3. The van der Waals surface area contributed by atoms with Crippen LogP contribution >= 0.6 is 0 Å². The predicted molar refractivity (Wildman–Crippen MR) is 133 cm³/mol. The molecule has 1 aliphatic rings. The molecule has 1 aliphatic carbocycles. The van der Waals surface area contributed by atoms with Crippen LogP contribution < -0.4 is 4.57 Å². The van der Waals surface area contributed by atoms with Gasteiger partial charge in [-0.2, -0.15) is 0 Å². The van der Waals surface area contributed by atoms with Crippen LogP contribution in [0.3, 0.4) is 0 Å². The quantitative estimate of drug-likeness (QED) is 0.162. The van der Waals surface area contributed by atoms with E-state index in [9.17, 15) is 0 Å². The molecular formula is C29H28N3+. The molecule has 158 valence electrons. The maximum absolute atomic E-state index is 4.94. The third-order valence-electron chi connectivity index (χ3n) is 8.11. The van der Waals surface area contributed by atoms with Gasteiger partial charge in [-0.15, -0.1) is 0 Å². The standard InChI is InChI=1S/C29H28N3/c1-17-13-22-21-11-7-8-12-24(21)32-25-15-20(19-9-5-4-6-10-19)14-23-27(25)29(31(3)16-30-23)26(18(17)2)28(22)32/h7-8,11-16,19H,4-6,9-10H2,1-3H3/q+1. The summed E-state index contributed by atoms with van der Waals surface area (Å²) in [6.07, 6.45) is 8.68. The van der Waals surface area contributed by atoms with Gasteiger partial charge in [-0.25, -0.2) is 4.57 Å². The van der Waals surface area contributed by atoms with Gasteiger partial charge in [-0.1, -0.05) is 37.5 Å². The van der Waals surface area contributed by atoms with E-state index in [0.29, 0.717) is 5.92 Å². The summed E-state index contributed by atoms with van der Waals surface area (Å²) in [7, 11) is 2.15. The Balaban J connectivity index is 1.79. The van der Waals surface area contributed by atoms with Gasteiger partial charge in [0, 0.05) is 10.8 Å². The van der Waals surface area contributed by atoms with E-state index in [1.807, 2.05) is 6.33 Å². The fraction of sp³-hybridized carbons (Fsp3) is 0.310. The average Bonchev–Trinajstić information content (AvgIpc) is 3.15. The lowest BCUT2D eigenvalue weighted by molar-refractivity contribution is -0.646. The zero-order valence-electron chi connectivity index (χ0n) is 19.1. The number of rotatable bonds is 1. The zero-order chi connectivity index (χ0) is 21.6. The highest BCUT2D eigenvalue weighted by molar-refractivity contribution is 6.25. The summed E-state index contributed by atoms with van der Waals surface area (Å²) < 4.78 is 4.77. The number of pyridine rings is 1. The summed E-state index contributed by atoms with van der Waals surface area (Å²) in [4.78, 5) is 4.94. The van der Waals surface area contributed by atoms with E-state index < -0.39 is 0 Å². The minimum atomic E-state index is 0.655. The van der Waals surface area contributed by atoms with Crippen LogP contribution in [0.4, 0.5) is 0 Å². The van der Waals surface area contributed by atoms with Crippen molar-refractivity contribution in [3.05, 3.63) is 65.5 Å². The number of para-hydroxylation sites is 1. The molecule has 32 heavy (non-hydrogen) atoms. The van der Waals surface area contributed by atoms with Crippen molar-refractivity contribution in [1.29, 1.82) is 0 Å². The van der Waals surface area contributed by atoms with Crippen LogP contribution in [0.25, 0.3) is 49.1 Å². The Kier molecular flexibility index (Phi) is 3.68. The third kappa shape index (κ3) is 2.26. The Morgan fingerprint density at radius 1 is 0.906 bits per heavy atom. The largest absolute Gasteiger partial charge is 0.308 e. The molecule has 1 fully saturated rings. The van der Waals surface area contributed by atoms with Gasteiger partial charge in [0.15, 0.2) is 5.52 Å². The molecule has 0 atom stereocenters. The fourth-order valence-electron chi connectivity index (χ4n) is 6.41. The number of nitrogens with zero attached hydrogens (tertiary/aromatic N) is 3. The fourth-order valence-corrected chi connectivity index (χ4v) is 6.41. The average molecular weight is 419 g/mol. The van der Waals surface area contributed by atoms with Crippen LogP contribution in [-0.2, 0) is 7.05 Å². The van der Waals surface area contributed by atoms with Crippen molar-refractivity contribution in [2.45, 2.75) is 51.9 Å². The molecule has 3 aromatic carbocycles. The highest BCUT2D eigenvalue weighted by Gasteiger charge is 2.26. The van der Waals surface area contributed by atoms with E-state index in [1.165, 1.54) is 92.4 Å². The lowest BCUT2D eigenvalue weighted by Gasteiger charge is -2.23. The van der Waals surface area contributed by atoms with Gasteiger partial charge in [-0.05, 0) is 78.5 Å². The monoisotopic (exact) mass is 418 g/mol. The highest BCUT2D eigenvalue weighted by Crippen LogP contribution is 2.43. The van der Waals surface area contributed by atoms with Gasteiger partial charge in [0.1, 0.15) is 5.52 Å². The second kappa shape index (κ2) is 6.41. The Hall–Kier alpha value is -3.20. The van der Waals surface area contributed by atoms with Crippen LogP contribution in [0, 0.1) is 13.8 Å². The predicted octanol–water partition coefficient (Wildman–Crippen LogP) is 6.87. The first-order valence-electron chi connectivity index (χ1n) is 12.0. The minimum Gasteiger partial charge on any atom is -0.308 e. The Labute approximate surface area is 187 Å². The van der Waals surface area contributed by atoms with Gasteiger partial charge in [0.05, 0.1) is 34.4 Å². The molecule has 1 saturated carbocycles. The molecule has 0 unspecified atom stereocenters. The Morgan fingerprint density at radius 3 is 2.56 bits per heavy atom. The summed E-state index contributed by atoms with van der Waals surface area (Å²) in [5, 5.41) is 5.35. The molecule has 0 radical (unpaired) electrons. The van der Waals surface area contributed by atoms with Crippen LogP contribution in [0.2, 0.25) is 0 Å². The molecule has 6 aromatic rings. The molecule has 0 spiro atoms. The molecule has 3 aromatic heterocycles. The topological polar surface area (TPSA) is 21.2 Å². The van der Waals surface area contributed by atoms with Crippen molar-refractivity contribution in [3.8, 4) is 0 Å². The molecule has 3 heteroatoms. The summed E-state index contributed by atoms with van der Waals surface area (Å²) in [6.45, 7) is 4.53. The van der Waals surface area contributed by atoms with Gasteiger partial charge < -0.3 is 4.40 Å². The van der Waals surface area contributed by atoms with Crippen LogP contribution in [0.1, 0.15) is 54.7 Å². The van der Waals surface area contributed by atoms with Crippen molar-refractivity contribution in [2.75, 3.05) is 0 Å². The normalized spacial score (nSPS) is 15.8. The third-order valence-corrected chi connectivity index (χ3v) is 8.11. The van der Waals surface area contributed by atoms with Crippen molar-refractivity contribution < 1.29 is 4.57 Å². The molecule has 0 bridgehead atoms. The maximum Gasteiger partial charge on any atom is 0.287 e. The number of benzene rings is 3. The molecule has 7 rings (SSSR count). The SMILES string of the molecule is Cc1cc2c3ccccc3n3c4cc(C5CCCCC5)cc5nc[n+](C)c(c(c1C)c23)c54. The summed E-state index contributed by atoms with van der Waals surface area (Å²) in [6, 6.07) is 16.2. The minimum absolute atomic E-state index is 0.655. The molecule has 0 amide bonds. The van der Waals surface area contributed by atoms with Gasteiger partial charge in [0.2, 0.25) is 0 Å². The van der Waals surface area contributed by atoms with E-state index in [-0.39, 0.29) is 0 Å². The second-order valence-corrected chi connectivity index (χ2v) is 9.92. The molecule has 3 heterocycles. The number of hydrogen-bond acceptors (Lipinski definition) is 1. The smallest absolute Gasteiger partial charge is 0.287 e. The van der Waals surface area contributed by atoms with Crippen LogP contribution in [-0.4, -0.2) is 9.38 Å². The number of fused-ring (bicyclic) bond motifs is 5. The number of aryl methyl sites for hydroxylation is 3. The van der Waals surface area contributed by atoms with Crippen LogP contribution in [0.15, 0.2) is 48.8 Å². The van der Waals surface area contributed by atoms with Gasteiger partial charge in [-0.3, -0.25) is 0 Å². The lowest BCUT2D eigenvalue weighted by Crippen LogP contribution is -2.30. The first-order chi connectivity index (χ1) is 15.6. The van der Waals surface area contributed by atoms with Crippen molar-refractivity contribution in [2.24, 2.45) is 7.05 Å². The Bertz CT molecular complexity index is 1680. The van der Waals surface area contributed by atoms with E-state index in [0.717, 1.165) is 5.52 Å². The summed E-state index contributed by atoms with van der Waals surface area (Å²) in [5.74, 6) is 0.655. The first kappa shape index (κ1) is 18.4. The number of hydrogen-bond donors (Lipinski definition) is 0. The highest BCUT2D eigenvalue weighted by atomic mass is 15.0. The molecule has 0 saturated heterocycles. The molecule has 0 aliphatic heterocycles. The maximum atomic E-state index is 4.94. The van der Waals surface area contributed by atoms with E-state index in [4.69, 9.17) is 4.98 Å². The van der Waals surface area contributed by atoms with Crippen molar-refractivity contribution >= 4 is 49.1 Å². The summed E-state index contributed by atoms with van der Waals surface area (Å²) in [5.41, 5.74) is 10.6. The molecular weight excluding hydrogens is 390 g/mol. The Morgan fingerprint density at radius 2 is 1.72 bits per heavy atom. The summed E-state index contributed by atoms with van der Waals surface area (Å²) >= 11 is 0. The van der Waals surface area contributed by atoms with Crippen LogP contribution in [0.5, 0.6) is 0 Å². The molecule has 3 nitrogen and oxygen atoms in total. The lowest BCUT2D eigenvalue weighted by atomic mass is 9.83. The van der Waals surface area contributed by atoms with E-state index in [2.05, 4.69) is 72.3 Å². The van der Waals surface area contributed by atoms with Crippen molar-refractivity contribution in [1.82, 2.24) is 9.38 Å². The van der Waals surface area contributed by atoms with Gasteiger partial charge in [0.25, 0.3) is 6.33 Å². The second-order valence-electron chi connectivity index (χ2n) is 9.92. The van der Waals surface area contributed by atoms with Crippen molar-refractivity contribution in [3.63, 3.8) is 0 Å². The molecule has 0 N–H and O–H groups in total. The van der Waals surface area contributed by atoms with Gasteiger partial charge >= 0.3 is 0 Å². The first-order valence-corrected chi connectivity index (χ1v) is 12.0. The van der Waals surface area contributed by atoms with E-state index in [1.54, 1.807) is 0 Å². The van der Waals surface area contributed by atoms with E-state index >= 15 is 0 Å².